The molecular weight excluding hydrogens is 350 g/mol. The van der Waals surface area contributed by atoms with Crippen LogP contribution in [0.25, 0.3) is 0 Å². The van der Waals surface area contributed by atoms with Crippen molar-refractivity contribution in [2.45, 2.75) is 6.54 Å². The van der Waals surface area contributed by atoms with Crippen LogP contribution in [0.1, 0.15) is 5.56 Å². The maximum Gasteiger partial charge on any atom is 0.267 e. The van der Waals surface area contributed by atoms with E-state index in [1.165, 1.54) is 30.3 Å². The van der Waals surface area contributed by atoms with Gasteiger partial charge in [-0.25, -0.2) is 9.37 Å². The third kappa shape index (κ3) is 2.53. The van der Waals surface area contributed by atoms with Crippen molar-refractivity contribution in [3.05, 3.63) is 56.0 Å². The van der Waals surface area contributed by atoms with Crippen molar-refractivity contribution in [1.82, 2.24) is 9.55 Å². The first kappa shape index (κ1) is 13.0. The number of hydrogen-bond acceptors (Lipinski definition) is 3. The minimum atomic E-state index is -0.453. The number of rotatable bonds is 3. The molecule has 94 valence electrons. The van der Waals surface area contributed by atoms with Crippen molar-refractivity contribution in [2.75, 3.05) is 7.11 Å². The summed E-state index contributed by atoms with van der Waals surface area (Å²) in [7, 11) is 1.40. The molecule has 1 heterocycles. The molecule has 2 aromatic rings. The van der Waals surface area contributed by atoms with Crippen LogP contribution in [-0.4, -0.2) is 16.7 Å². The molecule has 18 heavy (non-hydrogen) atoms. The number of methoxy groups -OCH3 is 1. The molecule has 2 rings (SSSR count). The summed E-state index contributed by atoms with van der Waals surface area (Å²) in [5.41, 5.74) is 0.202. The normalized spacial score (nSPS) is 10.4. The Hall–Kier alpha value is -1.44. The molecule has 0 spiro atoms. The van der Waals surface area contributed by atoms with Crippen molar-refractivity contribution in [1.29, 1.82) is 0 Å². The molecule has 0 amide bonds. The van der Waals surface area contributed by atoms with E-state index in [2.05, 4.69) is 4.98 Å². The third-order valence-corrected chi connectivity index (χ3v) is 3.20. The van der Waals surface area contributed by atoms with Gasteiger partial charge in [0, 0.05) is 11.8 Å². The lowest BCUT2D eigenvalue weighted by Crippen LogP contribution is -2.23. The van der Waals surface area contributed by atoms with Crippen molar-refractivity contribution in [3.8, 4) is 5.75 Å². The maximum atomic E-state index is 13.9. The molecule has 0 saturated heterocycles. The SMILES string of the molecule is COc1cccc(Cn2cncc(I)c2=O)c1F. The van der Waals surface area contributed by atoms with Crippen molar-refractivity contribution >= 4 is 22.6 Å². The standard InChI is InChI=1S/C12H10FIN2O2/c1-18-10-4-2-3-8(11(10)13)6-16-7-15-5-9(14)12(16)17/h2-5,7H,6H2,1H3. The topological polar surface area (TPSA) is 44.1 Å². The number of aromatic nitrogens is 2. The lowest BCUT2D eigenvalue weighted by Gasteiger charge is -2.09. The quantitative estimate of drug-likeness (QED) is 0.787. The van der Waals surface area contributed by atoms with Gasteiger partial charge in [-0.1, -0.05) is 12.1 Å². The average Bonchev–Trinajstić information content (AvgIpc) is 2.37. The summed E-state index contributed by atoms with van der Waals surface area (Å²) in [6.45, 7) is 0.131. The van der Waals surface area contributed by atoms with Crippen LogP contribution in [0.4, 0.5) is 4.39 Å². The zero-order valence-corrected chi connectivity index (χ0v) is 11.7. The van der Waals surface area contributed by atoms with E-state index >= 15 is 0 Å². The third-order valence-electron chi connectivity index (χ3n) is 2.46. The highest BCUT2D eigenvalue weighted by atomic mass is 127. The summed E-state index contributed by atoms with van der Waals surface area (Å²) < 4.78 is 20.7. The van der Waals surface area contributed by atoms with Crippen molar-refractivity contribution in [2.24, 2.45) is 0 Å². The highest BCUT2D eigenvalue weighted by Crippen LogP contribution is 2.20. The Morgan fingerprint density at radius 1 is 1.50 bits per heavy atom. The number of benzene rings is 1. The largest absolute Gasteiger partial charge is 0.494 e. The molecule has 0 atom stereocenters. The molecule has 0 unspecified atom stereocenters. The van der Waals surface area contributed by atoms with E-state index in [-0.39, 0.29) is 17.9 Å². The van der Waals surface area contributed by atoms with Gasteiger partial charge in [0.05, 0.1) is 23.6 Å². The molecule has 1 aromatic carbocycles. The second-order valence-corrected chi connectivity index (χ2v) is 4.77. The number of nitrogens with zero attached hydrogens (tertiary/aromatic N) is 2. The van der Waals surface area contributed by atoms with Gasteiger partial charge >= 0.3 is 0 Å². The molecule has 0 N–H and O–H groups in total. The molecule has 0 fully saturated rings. The van der Waals surface area contributed by atoms with Crippen LogP contribution in [-0.2, 0) is 6.54 Å². The molecule has 0 radical (unpaired) electrons. The van der Waals surface area contributed by atoms with Gasteiger partial charge in [0.2, 0.25) is 0 Å². The molecule has 0 aliphatic rings. The average molecular weight is 360 g/mol. The summed E-state index contributed by atoms with van der Waals surface area (Å²) >= 11 is 1.90. The molecule has 0 saturated carbocycles. The number of halogens is 2. The predicted molar refractivity (Wildman–Crippen MR) is 73.3 cm³/mol. The molecule has 0 aliphatic carbocycles. The zero-order chi connectivity index (χ0) is 13.1. The second kappa shape index (κ2) is 5.47. The van der Waals surface area contributed by atoms with E-state index in [0.717, 1.165) is 0 Å². The van der Waals surface area contributed by atoms with Gasteiger partial charge in [0.1, 0.15) is 0 Å². The Labute approximate surface area is 117 Å². The molecule has 6 heteroatoms. The van der Waals surface area contributed by atoms with E-state index in [1.54, 1.807) is 12.1 Å². The van der Waals surface area contributed by atoms with Gasteiger partial charge in [-0.15, -0.1) is 0 Å². The minimum absolute atomic E-state index is 0.131. The fourth-order valence-electron chi connectivity index (χ4n) is 1.56. The van der Waals surface area contributed by atoms with Crippen LogP contribution in [0.2, 0.25) is 0 Å². The van der Waals surface area contributed by atoms with E-state index in [9.17, 15) is 9.18 Å². The summed E-state index contributed by atoms with van der Waals surface area (Å²) in [5.74, 6) is -0.287. The van der Waals surface area contributed by atoms with Crippen molar-refractivity contribution < 1.29 is 9.13 Å². The van der Waals surface area contributed by atoms with E-state index in [4.69, 9.17) is 4.74 Å². The number of hydrogen-bond donors (Lipinski definition) is 0. The van der Waals surface area contributed by atoms with Crippen LogP contribution < -0.4 is 10.3 Å². The van der Waals surface area contributed by atoms with Gasteiger partial charge in [-0.05, 0) is 28.7 Å². The van der Waals surface area contributed by atoms with Crippen LogP contribution in [0.5, 0.6) is 5.75 Å². The van der Waals surface area contributed by atoms with Crippen LogP contribution in [0.3, 0.4) is 0 Å². The van der Waals surface area contributed by atoms with E-state index in [1.807, 2.05) is 22.6 Å². The van der Waals surface area contributed by atoms with Crippen LogP contribution in [0, 0.1) is 9.39 Å². The van der Waals surface area contributed by atoms with Gasteiger partial charge in [-0.2, -0.15) is 0 Å². The Morgan fingerprint density at radius 3 is 3.00 bits per heavy atom. The van der Waals surface area contributed by atoms with Crippen LogP contribution in [0.15, 0.2) is 35.5 Å². The summed E-state index contributed by atoms with van der Waals surface area (Å²) in [6, 6.07) is 4.84. The first-order chi connectivity index (χ1) is 8.63. The van der Waals surface area contributed by atoms with Crippen molar-refractivity contribution in [3.63, 3.8) is 0 Å². The van der Waals surface area contributed by atoms with E-state index < -0.39 is 5.82 Å². The zero-order valence-electron chi connectivity index (χ0n) is 9.56. The molecule has 1 aromatic heterocycles. The first-order valence-electron chi connectivity index (χ1n) is 5.15. The Kier molecular flexibility index (Phi) is 3.95. The fourth-order valence-corrected chi connectivity index (χ4v) is 2.03. The summed E-state index contributed by atoms with van der Waals surface area (Å²) in [4.78, 5) is 15.7. The lowest BCUT2D eigenvalue weighted by molar-refractivity contribution is 0.383. The van der Waals surface area contributed by atoms with Gasteiger partial charge in [0.25, 0.3) is 5.56 Å². The fraction of sp³-hybridized carbons (Fsp3) is 0.167. The van der Waals surface area contributed by atoms with Gasteiger partial charge in [0.15, 0.2) is 11.6 Å². The first-order valence-corrected chi connectivity index (χ1v) is 6.22. The lowest BCUT2D eigenvalue weighted by atomic mass is 10.2. The Morgan fingerprint density at radius 2 is 2.28 bits per heavy atom. The molecule has 0 bridgehead atoms. The monoisotopic (exact) mass is 360 g/mol. The van der Waals surface area contributed by atoms with E-state index in [0.29, 0.717) is 9.13 Å². The Balaban J connectivity index is 2.40. The molecule has 0 aliphatic heterocycles. The predicted octanol–water partition coefficient (Wildman–Crippen LogP) is 2.04. The van der Waals surface area contributed by atoms with Gasteiger partial charge in [-0.3, -0.25) is 9.36 Å². The highest BCUT2D eigenvalue weighted by molar-refractivity contribution is 14.1. The number of ether oxygens (including phenoxy) is 1. The Bertz CT molecular complexity index is 628. The minimum Gasteiger partial charge on any atom is -0.494 e. The smallest absolute Gasteiger partial charge is 0.267 e. The molecule has 4 nitrogen and oxygen atoms in total. The highest BCUT2D eigenvalue weighted by Gasteiger charge is 2.10. The second-order valence-electron chi connectivity index (χ2n) is 3.61. The summed E-state index contributed by atoms with van der Waals surface area (Å²) in [6.07, 6.45) is 2.87. The summed E-state index contributed by atoms with van der Waals surface area (Å²) in [5, 5.41) is 0. The molecular formula is C12H10FIN2O2. The van der Waals surface area contributed by atoms with Crippen LogP contribution >= 0.6 is 22.6 Å². The van der Waals surface area contributed by atoms with Gasteiger partial charge < -0.3 is 4.74 Å². The maximum absolute atomic E-state index is 13.9.